The van der Waals surface area contributed by atoms with Crippen LogP contribution in [0.4, 0.5) is 0 Å². The van der Waals surface area contributed by atoms with Crippen LogP contribution < -0.4 is 0 Å². The highest BCUT2D eigenvalue weighted by atomic mass is 16.6. The Kier molecular flexibility index (Phi) is 15.1. The molecule has 12 nitrogen and oxygen atoms in total. The number of ether oxygens (including phenoxy) is 7. The molecule has 4 fully saturated rings. The predicted molar refractivity (Wildman–Crippen MR) is 198 cm³/mol. The van der Waals surface area contributed by atoms with Gasteiger partial charge in [-0.3, -0.25) is 9.59 Å². The summed E-state index contributed by atoms with van der Waals surface area (Å²) in [5, 5.41) is 22.3. The normalized spacial score (nSPS) is 38.0. The van der Waals surface area contributed by atoms with E-state index in [4.69, 9.17) is 33.2 Å². The molecule has 2 saturated heterocycles. The number of esters is 1. The number of fused-ring (bicyclic) bond motifs is 8. The first-order valence-electron chi connectivity index (χ1n) is 20.1. The number of epoxide rings is 1. The Hall–Kier alpha value is -1.74. The van der Waals surface area contributed by atoms with Crippen molar-refractivity contribution in [2.75, 3.05) is 35.4 Å². The maximum Gasteiger partial charge on any atom is 0.306 e. The van der Waals surface area contributed by atoms with Crippen molar-refractivity contribution >= 4 is 11.8 Å². The second-order valence-electron chi connectivity index (χ2n) is 16.2. The van der Waals surface area contributed by atoms with Crippen molar-refractivity contribution in [3.8, 4) is 0 Å². The van der Waals surface area contributed by atoms with Gasteiger partial charge in [-0.2, -0.15) is 0 Å². The van der Waals surface area contributed by atoms with E-state index in [1.165, 1.54) is 7.11 Å². The van der Waals surface area contributed by atoms with Crippen molar-refractivity contribution in [2.45, 2.75) is 153 Å². The molecule has 2 unspecified atom stereocenters. The fourth-order valence-electron chi connectivity index (χ4n) is 10.1. The van der Waals surface area contributed by atoms with Gasteiger partial charge >= 0.3 is 5.97 Å². The van der Waals surface area contributed by atoms with E-state index in [9.17, 15) is 19.8 Å². The average Bonchev–Trinajstić information content (AvgIpc) is 3.68. The molecule has 2 N–H and O–H groups in total. The van der Waals surface area contributed by atoms with E-state index >= 15 is 0 Å². The van der Waals surface area contributed by atoms with Crippen LogP contribution in [0.1, 0.15) is 85.5 Å². The molecule has 53 heavy (non-hydrogen) atoms. The van der Waals surface area contributed by atoms with Crippen LogP contribution in [0.25, 0.3) is 0 Å². The molecule has 0 aromatic rings. The molecule has 5 aliphatic rings. The number of Topliss-reactive ketones (excluding diaryl/α,β-unsaturated/α-hetero) is 1. The van der Waals surface area contributed by atoms with Gasteiger partial charge in [0.05, 0.1) is 36.9 Å². The largest absolute Gasteiger partial charge is 0.462 e. The molecule has 0 bridgehead atoms. The van der Waals surface area contributed by atoms with E-state index in [2.05, 4.69) is 17.9 Å². The number of carbonyl (C=O) groups excluding carboxylic acids is 2. The molecule has 0 aromatic heterocycles. The number of aliphatic hydroxyl groups excluding tert-OH is 2. The first-order valence-corrected chi connectivity index (χ1v) is 20.1. The van der Waals surface area contributed by atoms with Crippen LogP contribution in [0, 0.1) is 35.5 Å². The topological polar surface area (TPSA) is 146 Å². The molecule has 302 valence electrons. The van der Waals surface area contributed by atoms with Crippen LogP contribution >= 0.6 is 0 Å². The number of hydrogen-bond acceptors (Lipinski definition) is 12. The van der Waals surface area contributed by atoms with Crippen LogP contribution in [0.15, 0.2) is 23.8 Å². The molecular weight excluding hydrogens is 682 g/mol. The van der Waals surface area contributed by atoms with Crippen molar-refractivity contribution in [2.24, 2.45) is 35.5 Å². The molecule has 2 heterocycles. The van der Waals surface area contributed by atoms with E-state index < -0.39 is 36.8 Å². The van der Waals surface area contributed by atoms with Crippen molar-refractivity contribution in [1.29, 1.82) is 0 Å². The molecule has 12 heteroatoms. The summed E-state index contributed by atoms with van der Waals surface area (Å²) < 4.78 is 42.0. The maximum absolute atomic E-state index is 14.6. The molecule has 0 spiro atoms. The van der Waals surface area contributed by atoms with Gasteiger partial charge in [-0.1, -0.05) is 39.8 Å². The number of ketones is 1. The van der Waals surface area contributed by atoms with Gasteiger partial charge in [0.2, 0.25) is 0 Å². The van der Waals surface area contributed by atoms with Gasteiger partial charge < -0.3 is 48.3 Å². The molecule has 17 atom stereocenters. The monoisotopic (exact) mass is 749 g/mol. The Morgan fingerprint density at radius 2 is 1.64 bits per heavy atom. The number of cyclic esters (lactones) is 1. The molecule has 5 rings (SSSR count). The van der Waals surface area contributed by atoms with E-state index in [0.29, 0.717) is 50.5 Å². The fraction of sp³-hybridized carbons (Fsp3) is 0.854. The summed E-state index contributed by atoms with van der Waals surface area (Å²) in [6, 6.07) is 0.158. The fourth-order valence-corrected chi connectivity index (χ4v) is 10.1. The summed E-state index contributed by atoms with van der Waals surface area (Å²) in [6.45, 7) is 8.00. The smallest absolute Gasteiger partial charge is 0.306 e. The highest BCUT2D eigenvalue weighted by Crippen LogP contribution is 2.63. The summed E-state index contributed by atoms with van der Waals surface area (Å²) in [6.07, 6.45) is 6.48. The van der Waals surface area contributed by atoms with E-state index in [1.54, 1.807) is 20.3 Å². The lowest BCUT2D eigenvalue weighted by Gasteiger charge is -2.35. The first-order chi connectivity index (χ1) is 25.4. The van der Waals surface area contributed by atoms with E-state index in [0.717, 1.165) is 6.42 Å². The van der Waals surface area contributed by atoms with Gasteiger partial charge in [-0.05, 0) is 94.9 Å². The van der Waals surface area contributed by atoms with Gasteiger partial charge in [0.25, 0.3) is 0 Å². The highest BCUT2D eigenvalue weighted by molar-refractivity contribution is 5.99. The molecule has 0 radical (unpaired) electrons. The molecule has 0 amide bonds. The van der Waals surface area contributed by atoms with Crippen molar-refractivity contribution in [3.63, 3.8) is 0 Å². The lowest BCUT2D eigenvalue weighted by molar-refractivity contribution is -0.234. The van der Waals surface area contributed by atoms with Crippen molar-refractivity contribution in [1.82, 2.24) is 4.90 Å². The minimum Gasteiger partial charge on any atom is -0.462 e. The summed E-state index contributed by atoms with van der Waals surface area (Å²) in [4.78, 5) is 30.2. The number of rotatable bonds is 16. The van der Waals surface area contributed by atoms with Gasteiger partial charge in [-0.15, -0.1) is 0 Å². The minimum atomic E-state index is -1.23. The lowest BCUT2D eigenvalue weighted by atomic mass is 9.66. The zero-order valence-corrected chi connectivity index (χ0v) is 33.4. The van der Waals surface area contributed by atoms with Crippen LogP contribution in [0.5, 0.6) is 0 Å². The van der Waals surface area contributed by atoms with Gasteiger partial charge in [0, 0.05) is 45.1 Å². The van der Waals surface area contributed by atoms with Crippen molar-refractivity contribution in [3.05, 3.63) is 23.8 Å². The zero-order valence-electron chi connectivity index (χ0n) is 33.4. The quantitative estimate of drug-likeness (QED) is 0.0996. The van der Waals surface area contributed by atoms with Crippen LogP contribution in [-0.2, 0) is 42.7 Å². The second kappa shape index (κ2) is 18.9. The summed E-state index contributed by atoms with van der Waals surface area (Å²) >= 11 is 0. The third-order valence-electron chi connectivity index (χ3n) is 13.0. The Morgan fingerprint density at radius 1 is 0.925 bits per heavy atom. The van der Waals surface area contributed by atoms with Gasteiger partial charge in [0.1, 0.15) is 18.3 Å². The average molecular weight is 750 g/mol. The number of aliphatic hydroxyl groups is 2. The molecule has 2 saturated carbocycles. The third-order valence-corrected chi connectivity index (χ3v) is 13.0. The molecule has 3 aliphatic carbocycles. The summed E-state index contributed by atoms with van der Waals surface area (Å²) in [5.41, 5.74) is 0.655. The van der Waals surface area contributed by atoms with Crippen LogP contribution in [0.2, 0.25) is 0 Å². The van der Waals surface area contributed by atoms with E-state index in [-0.39, 0.29) is 84.3 Å². The first kappa shape index (κ1) is 42.4. The Morgan fingerprint density at radius 3 is 2.26 bits per heavy atom. The molecular formula is C41H67NO11. The number of methoxy groups -OCH3 is 3. The summed E-state index contributed by atoms with van der Waals surface area (Å²) in [5.74, 6) is -0.846. The minimum absolute atomic E-state index is 0.0124. The Balaban J connectivity index is 1.37. The number of carbonyl (C=O) groups is 2. The van der Waals surface area contributed by atoms with Gasteiger partial charge in [-0.25, -0.2) is 0 Å². The number of allylic oxidation sites excluding steroid dienone is 2. The predicted octanol–water partition coefficient (Wildman–Crippen LogP) is 4.44. The lowest BCUT2D eigenvalue weighted by Crippen LogP contribution is -2.49. The number of likely N-dealkylation sites (N-methyl/N-ethyl adjacent to an activating group) is 1. The van der Waals surface area contributed by atoms with Gasteiger partial charge in [0.15, 0.2) is 18.4 Å². The third kappa shape index (κ3) is 9.46. The molecule has 2 aliphatic heterocycles. The zero-order chi connectivity index (χ0) is 38.6. The Labute approximate surface area is 316 Å². The second-order valence-corrected chi connectivity index (χ2v) is 16.2. The van der Waals surface area contributed by atoms with Crippen LogP contribution in [-0.4, -0.2) is 130 Å². The molecule has 0 aromatic carbocycles. The van der Waals surface area contributed by atoms with Crippen molar-refractivity contribution < 1.29 is 53.0 Å². The Bertz CT molecular complexity index is 1270. The number of hydrogen-bond donors (Lipinski definition) is 2. The number of nitrogens with zero attached hydrogens (tertiary/aromatic N) is 1. The summed E-state index contributed by atoms with van der Waals surface area (Å²) in [7, 11) is 8.72. The van der Waals surface area contributed by atoms with E-state index in [1.807, 2.05) is 40.9 Å². The maximum atomic E-state index is 14.6. The highest BCUT2D eigenvalue weighted by Gasteiger charge is 2.66. The van der Waals surface area contributed by atoms with Crippen LogP contribution in [0.3, 0.4) is 0 Å². The SMILES string of the molecule is CC[C@H]1CCC[C@H](O[C@H](O)/C=C/[C@@H](CC)N(C)C)[C@@H](C)C(=O)C2=C[C@H]3[C@@H]4C[C@H](O[C@H](O)C(OC)C(OC)[C@H](CC)OC)C[C@H]4[C@H]4O[C@H]4[C@H]3[C@@H]2CC(=O)O1. The standard InChI is InChI=1S/C41H67NO11/c1-10-23(42(5)6)16-17-33(43)52-32-15-13-14-24(11-2)50-34(44)21-28-29(36(45)22(32)4)20-27-26-18-25(19-30(26)37-39(53-37)35(27)28)51-41(46)40(49-9)38(48-8)31(12-3)47-7/h16-17,20,22-28,30-33,35,37-41,43,46H,10-15,18-19,21H2,1-9H3/b17-16+/t22-,23-,24+,25+,26+,27+,28-,30-,31+,32+,33+,35-,37-,38?,39+,40?,41+/m1/s1.